The van der Waals surface area contributed by atoms with Gasteiger partial charge in [-0.2, -0.15) is 5.10 Å². The average molecular weight is 204 g/mol. The van der Waals surface area contributed by atoms with Gasteiger partial charge >= 0.3 is 0 Å². The SMILES string of the molecule is COc1cccc(-c2cn[nH]c2CO)c1. The molecule has 0 fully saturated rings. The summed E-state index contributed by atoms with van der Waals surface area (Å²) < 4.78 is 5.13. The van der Waals surface area contributed by atoms with Gasteiger partial charge in [-0.3, -0.25) is 5.10 Å². The lowest BCUT2D eigenvalue weighted by Crippen LogP contribution is -1.88. The van der Waals surface area contributed by atoms with Crippen molar-refractivity contribution in [3.05, 3.63) is 36.2 Å². The summed E-state index contributed by atoms with van der Waals surface area (Å²) in [7, 11) is 1.63. The van der Waals surface area contributed by atoms with Crippen LogP contribution in [0.5, 0.6) is 5.75 Å². The van der Waals surface area contributed by atoms with Gasteiger partial charge < -0.3 is 9.84 Å². The molecule has 0 aliphatic heterocycles. The summed E-state index contributed by atoms with van der Waals surface area (Å²) in [5, 5.41) is 15.7. The van der Waals surface area contributed by atoms with Crippen LogP contribution in [0, 0.1) is 0 Å². The van der Waals surface area contributed by atoms with E-state index in [0.29, 0.717) is 5.69 Å². The predicted octanol–water partition coefficient (Wildman–Crippen LogP) is 1.58. The molecule has 1 heterocycles. The van der Waals surface area contributed by atoms with Crippen LogP contribution in [-0.2, 0) is 6.61 Å². The van der Waals surface area contributed by atoms with Crippen LogP contribution in [0.1, 0.15) is 5.69 Å². The van der Waals surface area contributed by atoms with Crippen LogP contribution < -0.4 is 4.74 Å². The summed E-state index contributed by atoms with van der Waals surface area (Å²) in [6.07, 6.45) is 1.69. The molecule has 0 aliphatic carbocycles. The second-order valence-electron chi connectivity index (χ2n) is 3.15. The molecule has 0 unspecified atom stereocenters. The first-order valence-corrected chi connectivity index (χ1v) is 4.62. The minimum absolute atomic E-state index is 0.0491. The van der Waals surface area contributed by atoms with Crippen molar-refractivity contribution in [3.63, 3.8) is 0 Å². The van der Waals surface area contributed by atoms with E-state index in [1.165, 1.54) is 0 Å². The number of hydrogen-bond donors (Lipinski definition) is 2. The zero-order valence-electron chi connectivity index (χ0n) is 8.40. The number of aromatic amines is 1. The van der Waals surface area contributed by atoms with Crippen LogP contribution in [-0.4, -0.2) is 22.4 Å². The molecule has 0 aliphatic rings. The number of methoxy groups -OCH3 is 1. The molecule has 1 aromatic heterocycles. The first-order chi connectivity index (χ1) is 7.35. The third kappa shape index (κ3) is 1.85. The van der Waals surface area contributed by atoms with Gasteiger partial charge in [0.15, 0.2) is 0 Å². The molecule has 78 valence electrons. The summed E-state index contributed by atoms with van der Waals surface area (Å²) in [6.45, 7) is -0.0491. The van der Waals surface area contributed by atoms with Crippen molar-refractivity contribution in [1.82, 2.24) is 10.2 Å². The molecule has 4 heteroatoms. The number of aliphatic hydroxyl groups is 1. The van der Waals surface area contributed by atoms with Gasteiger partial charge in [-0.1, -0.05) is 12.1 Å². The highest BCUT2D eigenvalue weighted by Crippen LogP contribution is 2.25. The van der Waals surface area contributed by atoms with Crippen LogP contribution in [0.25, 0.3) is 11.1 Å². The maximum atomic E-state index is 9.09. The van der Waals surface area contributed by atoms with Crippen molar-refractivity contribution < 1.29 is 9.84 Å². The third-order valence-corrected chi connectivity index (χ3v) is 2.26. The number of nitrogens with one attached hydrogen (secondary N) is 1. The van der Waals surface area contributed by atoms with E-state index in [4.69, 9.17) is 9.84 Å². The summed E-state index contributed by atoms with van der Waals surface area (Å²) >= 11 is 0. The van der Waals surface area contributed by atoms with Crippen molar-refractivity contribution in [1.29, 1.82) is 0 Å². The highest BCUT2D eigenvalue weighted by Gasteiger charge is 2.06. The lowest BCUT2D eigenvalue weighted by molar-refractivity contribution is 0.277. The number of H-pyrrole nitrogens is 1. The molecule has 1 aromatic carbocycles. The van der Waals surface area contributed by atoms with Crippen molar-refractivity contribution in [2.75, 3.05) is 7.11 Å². The number of aliphatic hydroxyl groups excluding tert-OH is 1. The molecular formula is C11H12N2O2. The fourth-order valence-corrected chi connectivity index (χ4v) is 1.47. The Labute approximate surface area is 87.5 Å². The van der Waals surface area contributed by atoms with Crippen molar-refractivity contribution in [2.24, 2.45) is 0 Å². The fraction of sp³-hybridized carbons (Fsp3) is 0.182. The minimum atomic E-state index is -0.0491. The highest BCUT2D eigenvalue weighted by molar-refractivity contribution is 5.66. The zero-order chi connectivity index (χ0) is 10.7. The number of benzene rings is 1. The lowest BCUT2D eigenvalue weighted by Gasteiger charge is -2.03. The lowest BCUT2D eigenvalue weighted by atomic mass is 10.1. The van der Waals surface area contributed by atoms with E-state index in [1.54, 1.807) is 13.3 Å². The number of nitrogens with zero attached hydrogens (tertiary/aromatic N) is 1. The first kappa shape index (κ1) is 9.73. The second kappa shape index (κ2) is 4.14. The Hall–Kier alpha value is -1.81. The molecule has 0 saturated carbocycles. The Morgan fingerprint density at radius 2 is 2.33 bits per heavy atom. The summed E-state index contributed by atoms with van der Waals surface area (Å²) in [4.78, 5) is 0. The van der Waals surface area contributed by atoms with Gasteiger partial charge in [-0.15, -0.1) is 0 Å². The van der Waals surface area contributed by atoms with E-state index < -0.39 is 0 Å². The van der Waals surface area contributed by atoms with Gasteiger partial charge in [0.1, 0.15) is 5.75 Å². The van der Waals surface area contributed by atoms with Crippen molar-refractivity contribution in [3.8, 4) is 16.9 Å². The van der Waals surface area contributed by atoms with Gasteiger partial charge in [0.2, 0.25) is 0 Å². The normalized spacial score (nSPS) is 10.3. The summed E-state index contributed by atoms with van der Waals surface area (Å²) in [6, 6.07) is 7.64. The molecule has 0 radical (unpaired) electrons. The Morgan fingerprint density at radius 3 is 3.07 bits per heavy atom. The molecular weight excluding hydrogens is 192 g/mol. The Morgan fingerprint density at radius 1 is 1.47 bits per heavy atom. The molecule has 0 saturated heterocycles. The highest BCUT2D eigenvalue weighted by atomic mass is 16.5. The molecule has 2 aromatic rings. The molecule has 0 spiro atoms. The number of aromatic nitrogens is 2. The van der Waals surface area contributed by atoms with Gasteiger partial charge in [0, 0.05) is 5.56 Å². The molecule has 0 bridgehead atoms. The summed E-state index contributed by atoms with van der Waals surface area (Å²) in [5.41, 5.74) is 2.59. The van der Waals surface area contributed by atoms with E-state index in [0.717, 1.165) is 16.9 Å². The van der Waals surface area contributed by atoms with Gasteiger partial charge in [0.25, 0.3) is 0 Å². The maximum absolute atomic E-state index is 9.09. The molecule has 2 rings (SSSR count). The largest absolute Gasteiger partial charge is 0.497 e. The quantitative estimate of drug-likeness (QED) is 0.798. The second-order valence-corrected chi connectivity index (χ2v) is 3.15. The Balaban J connectivity index is 2.44. The van der Waals surface area contributed by atoms with Crippen LogP contribution in [0.4, 0.5) is 0 Å². The predicted molar refractivity (Wildman–Crippen MR) is 56.5 cm³/mol. The molecule has 4 nitrogen and oxygen atoms in total. The number of hydrogen-bond acceptors (Lipinski definition) is 3. The third-order valence-electron chi connectivity index (χ3n) is 2.26. The van der Waals surface area contributed by atoms with Crippen molar-refractivity contribution in [2.45, 2.75) is 6.61 Å². The van der Waals surface area contributed by atoms with E-state index in [9.17, 15) is 0 Å². The first-order valence-electron chi connectivity index (χ1n) is 4.62. The molecule has 15 heavy (non-hydrogen) atoms. The van der Waals surface area contributed by atoms with E-state index in [-0.39, 0.29) is 6.61 Å². The molecule has 2 N–H and O–H groups in total. The van der Waals surface area contributed by atoms with Gasteiger partial charge in [-0.05, 0) is 17.7 Å². The minimum Gasteiger partial charge on any atom is -0.497 e. The van der Waals surface area contributed by atoms with Crippen LogP contribution in [0.3, 0.4) is 0 Å². The topological polar surface area (TPSA) is 58.1 Å². The van der Waals surface area contributed by atoms with Crippen molar-refractivity contribution >= 4 is 0 Å². The number of ether oxygens (including phenoxy) is 1. The number of rotatable bonds is 3. The van der Waals surface area contributed by atoms with Crippen LogP contribution in [0.2, 0.25) is 0 Å². The van der Waals surface area contributed by atoms with Gasteiger partial charge in [0.05, 0.1) is 25.6 Å². The van der Waals surface area contributed by atoms with E-state index in [1.807, 2.05) is 24.3 Å². The average Bonchev–Trinajstić information content (AvgIpc) is 2.77. The fourth-order valence-electron chi connectivity index (χ4n) is 1.47. The summed E-state index contributed by atoms with van der Waals surface area (Å²) in [5.74, 6) is 0.789. The molecule has 0 amide bonds. The van der Waals surface area contributed by atoms with E-state index >= 15 is 0 Å². The van der Waals surface area contributed by atoms with Crippen LogP contribution in [0.15, 0.2) is 30.5 Å². The van der Waals surface area contributed by atoms with Crippen LogP contribution >= 0.6 is 0 Å². The Bertz CT molecular complexity index is 451. The zero-order valence-corrected chi connectivity index (χ0v) is 8.40. The Kier molecular flexibility index (Phi) is 2.69. The molecule has 0 atom stereocenters. The van der Waals surface area contributed by atoms with E-state index in [2.05, 4.69) is 10.2 Å². The maximum Gasteiger partial charge on any atom is 0.119 e. The smallest absolute Gasteiger partial charge is 0.119 e. The standard InChI is InChI=1S/C11H12N2O2/c1-15-9-4-2-3-8(5-9)10-6-12-13-11(10)7-14/h2-6,14H,7H2,1H3,(H,12,13). The monoisotopic (exact) mass is 204 g/mol. The van der Waals surface area contributed by atoms with Gasteiger partial charge in [-0.25, -0.2) is 0 Å².